The van der Waals surface area contributed by atoms with Crippen LogP contribution in [0.25, 0.3) is 0 Å². The van der Waals surface area contributed by atoms with Gasteiger partial charge in [0.15, 0.2) is 5.97 Å². The van der Waals surface area contributed by atoms with Gasteiger partial charge in [-0.1, -0.05) is 6.47 Å². The standard InChI is InChI=1S/C2H3O2.CHO2.Y/c1-2(3)4;2-1-3;/h1H2,(H,3,4);(H,2,3);/q2*-1;. The molecule has 0 rings (SSSR count). The molecule has 0 spiro atoms. The Bertz CT molecular complexity index is 58.3. The topological polar surface area (TPSA) is 74.6 Å². The maximum atomic E-state index is 8.89. The molecule has 0 aliphatic carbocycles. The molecular weight excluding hydrogens is 189 g/mol. The number of hydrogen-bond acceptors (Lipinski definition) is 2. The Labute approximate surface area is 71.8 Å². The van der Waals surface area contributed by atoms with Crippen molar-refractivity contribution in [3.05, 3.63) is 6.92 Å². The zero-order chi connectivity index (χ0) is 6.28. The van der Waals surface area contributed by atoms with E-state index in [4.69, 9.17) is 19.8 Å². The van der Waals surface area contributed by atoms with Gasteiger partial charge in [0, 0.05) is 32.7 Å². The Kier molecular flexibility index (Phi) is 30.9. The number of aliphatic hydroxyl groups excluding tert-OH is 1. The molecule has 0 aromatic carbocycles. The van der Waals surface area contributed by atoms with E-state index in [1.807, 2.05) is 0 Å². The van der Waals surface area contributed by atoms with Gasteiger partial charge in [-0.2, -0.15) is 0 Å². The number of carboxylic acid groups (broad SMARTS) is 1. The molecular formula is C3H4O4Y-2. The summed E-state index contributed by atoms with van der Waals surface area (Å²) in [5.74, 6) is -1.08. The second-order valence-corrected chi connectivity index (χ2v) is 0.485. The van der Waals surface area contributed by atoms with Gasteiger partial charge in [-0.05, 0) is 0 Å². The van der Waals surface area contributed by atoms with E-state index in [1.54, 1.807) is 0 Å². The second kappa shape index (κ2) is 15.8. The predicted octanol–water partition coefficient (Wildman–Crippen LogP) is -0.486. The van der Waals surface area contributed by atoms with Gasteiger partial charge in [0.1, 0.15) is 0 Å². The molecule has 0 bridgehead atoms. The van der Waals surface area contributed by atoms with Crippen LogP contribution in [0.5, 0.6) is 0 Å². The summed E-state index contributed by atoms with van der Waals surface area (Å²) < 4.78 is 0. The molecule has 0 aliphatic rings. The summed E-state index contributed by atoms with van der Waals surface area (Å²) in [7, 11) is 0. The first-order valence-electron chi connectivity index (χ1n) is 1.21. The van der Waals surface area contributed by atoms with Crippen molar-refractivity contribution in [1.29, 1.82) is 0 Å². The second-order valence-electron chi connectivity index (χ2n) is 0.485. The van der Waals surface area contributed by atoms with Crippen LogP contribution < -0.4 is 0 Å². The fraction of sp³-hybridized carbons (Fsp3) is 0. The molecule has 0 unspecified atom stereocenters. The summed E-state index contributed by atoms with van der Waals surface area (Å²) >= 11 is 0. The minimum Gasteiger partial charge on any atom is -0.665 e. The van der Waals surface area contributed by atoms with E-state index in [2.05, 4.69) is 6.92 Å². The average molecular weight is 193 g/mol. The minimum atomic E-state index is -1.08. The third-order valence-electron chi connectivity index (χ3n) is 0. The minimum absolute atomic E-state index is 0. The smallest absolute Gasteiger partial charge is 0.161 e. The van der Waals surface area contributed by atoms with Gasteiger partial charge >= 0.3 is 0 Å². The first kappa shape index (κ1) is 15.7. The number of aliphatic carboxylic acids is 1. The zero-order valence-corrected chi connectivity index (χ0v) is 6.83. The predicted molar refractivity (Wildman–Crippen MR) is 21.3 cm³/mol. The fourth-order valence-corrected chi connectivity index (χ4v) is 0. The van der Waals surface area contributed by atoms with Crippen molar-refractivity contribution in [3.63, 3.8) is 0 Å². The maximum Gasteiger partial charge on any atom is 0.161 e. The fourth-order valence-electron chi connectivity index (χ4n) is 0. The maximum absolute atomic E-state index is 8.89. The Balaban J connectivity index is -0.0000000575. The molecule has 0 aromatic rings. The largest absolute Gasteiger partial charge is 0.665 e. The number of carboxylic acids is 1. The molecule has 8 heavy (non-hydrogen) atoms. The summed E-state index contributed by atoms with van der Waals surface area (Å²) in [6.45, 7) is 3.06. The van der Waals surface area contributed by atoms with E-state index in [-0.39, 0.29) is 32.7 Å². The van der Waals surface area contributed by atoms with Crippen LogP contribution in [-0.4, -0.2) is 22.7 Å². The van der Waals surface area contributed by atoms with Crippen LogP contribution in [0.3, 0.4) is 0 Å². The van der Waals surface area contributed by atoms with Crippen molar-refractivity contribution in [2.45, 2.75) is 0 Å². The van der Waals surface area contributed by atoms with Crippen LogP contribution >= 0.6 is 0 Å². The molecule has 45 valence electrons. The average Bonchev–Trinajstić information content (AvgIpc) is 1.33. The van der Waals surface area contributed by atoms with Crippen molar-refractivity contribution >= 4 is 12.4 Å². The number of hydrogen-bond donors (Lipinski definition) is 2. The monoisotopic (exact) mass is 193 g/mol. The summed E-state index contributed by atoms with van der Waals surface area (Å²) in [4.78, 5) is 17.1. The Hall–Kier alpha value is -0.0861. The molecule has 0 amide bonds. The van der Waals surface area contributed by atoms with Crippen molar-refractivity contribution in [1.82, 2.24) is 0 Å². The SMILES string of the molecule is O=[C-]O.[CH2-]C(=O)O.[Y]. The van der Waals surface area contributed by atoms with E-state index in [1.165, 1.54) is 0 Å². The van der Waals surface area contributed by atoms with Gasteiger partial charge in [0.25, 0.3) is 0 Å². The van der Waals surface area contributed by atoms with Gasteiger partial charge in [-0.3, -0.25) is 11.7 Å². The van der Waals surface area contributed by atoms with Gasteiger partial charge in [0.05, 0.1) is 0 Å². The van der Waals surface area contributed by atoms with E-state index >= 15 is 0 Å². The molecule has 0 saturated heterocycles. The van der Waals surface area contributed by atoms with Crippen LogP contribution in [0.2, 0.25) is 0 Å². The van der Waals surface area contributed by atoms with Crippen LogP contribution in [0.15, 0.2) is 0 Å². The van der Waals surface area contributed by atoms with Crippen LogP contribution in [-0.2, 0) is 42.3 Å². The van der Waals surface area contributed by atoms with Crippen molar-refractivity contribution in [2.75, 3.05) is 0 Å². The summed E-state index contributed by atoms with van der Waals surface area (Å²) in [6.07, 6.45) is 0. The third kappa shape index (κ3) is 19300. The van der Waals surface area contributed by atoms with Gasteiger partial charge in [-0.25, -0.2) is 0 Å². The van der Waals surface area contributed by atoms with Crippen molar-refractivity contribution in [2.24, 2.45) is 0 Å². The molecule has 0 aromatic heterocycles. The van der Waals surface area contributed by atoms with E-state index in [0.717, 1.165) is 0 Å². The molecule has 0 aliphatic heterocycles. The zero-order valence-electron chi connectivity index (χ0n) is 4.00. The Morgan fingerprint density at radius 1 is 1.62 bits per heavy atom. The van der Waals surface area contributed by atoms with Gasteiger partial charge in [-0.15, -0.1) is 0 Å². The normalized spacial score (nSPS) is 4.50. The Morgan fingerprint density at radius 3 is 1.62 bits per heavy atom. The Morgan fingerprint density at radius 2 is 1.62 bits per heavy atom. The van der Waals surface area contributed by atoms with E-state index in [0.29, 0.717) is 6.47 Å². The summed E-state index contributed by atoms with van der Waals surface area (Å²) in [6, 6.07) is 0. The van der Waals surface area contributed by atoms with Crippen molar-refractivity contribution in [3.8, 4) is 0 Å². The van der Waals surface area contributed by atoms with Crippen LogP contribution in [0, 0.1) is 6.92 Å². The van der Waals surface area contributed by atoms with Crippen molar-refractivity contribution < 1.29 is 52.5 Å². The first-order chi connectivity index (χ1) is 3.15. The van der Waals surface area contributed by atoms with Crippen LogP contribution in [0.4, 0.5) is 0 Å². The first-order valence-corrected chi connectivity index (χ1v) is 1.21. The molecule has 0 fully saturated rings. The molecule has 0 saturated carbocycles. The molecule has 4 nitrogen and oxygen atoms in total. The number of rotatable bonds is 0. The molecule has 1 radical (unpaired) electrons. The summed E-state index contributed by atoms with van der Waals surface area (Å²) in [5.41, 5.74) is 0. The van der Waals surface area contributed by atoms with E-state index < -0.39 is 5.97 Å². The molecule has 0 heterocycles. The third-order valence-corrected chi connectivity index (χ3v) is 0. The summed E-state index contributed by atoms with van der Waals surface area (Å²) in [5, 5.41) is 14.1. The van der Waals surface area contributed by atoms with E-state index in [9.17, 15) is 0 Å². The molecule has 5 heteroatoms. The van der Waals surface area contributed by atoms with Gasteiger partial charge in [0.2, 0.25) is 0 Å². The molecule has 0 atom stereocenters. The number of carbonyl (C=O) groups is 1. The van der Waals surface area contributed by atoms with Gasteiger partial charge < -0.3 is 15.0 Å². The molecule has 2 N–H and O–H groups in total. The van der Waals surface area contributed by atoms with Crippen LogP contribution in [0.1, 0.15) is 0 Å². The quantitative estimate of drug-likeness (QED) is 0.509.